The molecule has 108 valence electrons. The number of anilines is 1. The molecule has 2 amide bonds. The Morgan fingerprint density at radius 3 is 2.67 bits per heavy atom. The summed E-state index contributed by atoms with van der Waals surface area (Å²) in [7, 11) is 0. The summed E-state index contributed by atoms with van der Waals surface area (Å²) in [5.41, 5.74) is 7.45. The molecule has 0 saturated heterocycles. The molecular weight excluding hydrogens is 268 g/mol. The van der Waals surface area contributed by atoms with E-state index in [9.17, 15) is 14.4 Å². The lowest BCUT2D eigenvalue weighted by Crippen LogP contribution is -2.44. The van der Waals surface area contributed by atoms with E-state index >= 15 is 0 Å². The van der Waals surface area contributed by atoms with Crippen molar-refractivity contribution in [3.05, 3.63) is 41.5 Å². The zero-order chi connectivity index (χ0) is 15.1. The summed E-state index contributed by atoms with van der Waals surface area (Å²) in [6.07, 6.45) is 2.22. The minimum Gasteiger partial charge on any atom is -0.398 e. The van der Waals surface area contributed by atoms with Crippen LogP contribution >= 0.6 is 0 Å². The van der Waals surface area contributed by atoms with Crippen LogP contribution in [0, 0.1) is 0 Å². The summed E-state index contributed by atoms with van der Waals surface area (Å²) in [6, 6.07) is 4.10. The molecule has 1 saturated carbocycles. The topological polar surface area (TPSA) is 80.5 Å². The molecule has 1 fully saturated rings. The maximum Gasteiger partial charge on any atom is 0.264 e. The van der Waals surface area contributed by atoms with Gasteiger partial charge in [0.15, 0.2) is 5.78 Å². The number of fused-ring (bicyclic) bond motifs is 1. The maximum atomic E-state index is 12.5. The molecule has 3 rings (SSSR count). The predicted octanol–water partition coefficient (Wildman–Crippen LogP) is 1.93. The second-order valence-corrected chi connectivity index (χ2v) is 5.55. The molecule has 0 spiro atoms. The average molecular weight is 284 g/mol. The van der Waals surface area contributed by atoms with Gasteiger partial charge in [0, 0.05) is 12.1 Å². The third kappa shape index (κ3) is 2.05. The molecule has 5 heteroatoms. The largest absolute Gasteiger partial charge is 0.398 e. The molecule has 1 aliphatic carbocycles. The Kier molecular flexibility index (Phi) is 3.12. The van der Waals surface area contributed by atoms with Crippen molar-refractivity contribution in [1.29, 1.82) is 0 Å². The molecule has 1 aromatic rings. The zero-order valence-corrected chi connectivity index (χ0v) is 11.6. The van der Waals surface area contributed by atoms with Gasteiger partial charge in [0.05, 0.1) is 17.2 Å². The number of ketones is 1. The lowest BCUT2D eigenvalue weighted by molar-refractivity contribution is -0.122. The number of nitrogens with zero attached hydrogens (tertiary/aromatic N) is 1. The number of nitrogens with two attached hydrogens (primary N) is 1. The summed E-state index contributed by atoms with van der Waals surface area (Å²) < 4.78 is 0. The highest BCUT2D eigenvalue weighted by atomic mass is 16.2. The van der Waals surface area contributed by atoms with Crippen molar-refractivity contribution in [2.75, 3.05) is 5.73 Å². The Bertz CT molecular complexity index is 678. The lowest BCUT2D eigenvalue weighted by atomic mass is 10.1. The van der Waals surface area contributed by atoms with E-state index in [0.29, 0.717) is 6.42 Å². The Hall–Kier alpha value is -2.43. The molecule has 1 atom stereocenters. The number of amides is 2. The van der Waals surface area contributed by atoms with E-state index in [1.807, 2.05) is 0 Å². The van der Waals surface area contributed by atoms with Crippen LogP contribution in [0.25, 0.3) is 0 Å². The first-order valence-corrected chi connectivity index (χ1v) is 6.96. The number of Topliss-reactive ketones (excluding diaryl/α,β-unsaturated/α-hetero) is 1. The van der Waals surface area contributed by atoms with Crippen LogP contribution < -0.4 is 5.73 Å². The van der Waals surface area contributed by atoms with Crippen molar-refractivity contribution < 1.29 is 14.4 Å². The van der Waals surface area contributed by atoms with Gasteiger partial charge in [-0.1, -0.05) is 18.2 Å². The molecule has 0 aromatic heterocycles. The van der Waals surface area contributed by atoms with E-state index in [-0.39, 0.29) is 29.0 Å². The summed E-state index contributed by atoms with van der Waals surface area (Å²) >= 11 is 0. The Labute approximate surface area is 122 Å². The summed E-state index contributed by atoms with van der Waals surface area (Å²) in [5, 5.41) is 0. The van der Waals surface area contributed by atoms with E-state index in [2.05, 4.69) is 6.58 Å². The van der Waals surface area contributed by atoms with Gasteiger partial charge in [0.1, 0.15) is 0 Å². The monoisotopic (exact) mass is 284 g/mol. The van der Waals surface area contributed by atoms with Gasteiger partial charge in [-0.3, -0.25) is 19.3 Å². The van der Waals surface area contributed by atoms with Crippen molar-refractivity contribution in [2.45, 2.75) is 31.7 Å². The fourth-order valence-electron chi connectivity index (χ4n) is 3.04. The third-order valence-corrected chi connectivity index (χ3v) is 4.09. The van der Waals surface area contributed by atoms with Crippen LogP contribution in [0.5, 0.6) is 0 Å². The first-order valence-electron chi connectivity index (χ1n) is 6.96. The fourth-order valence-corrected chi connectivity index (χ4v) is 3.04. The SMILES string of the molecule is C=C1CCC[C@H](N2C(=O)c3cccc(N)c3C2=O)C(=O)C1. The summed E-state index contributed by atoms with van der Waals surface area (Å²) in [6.45, 7) is 3.85. The number of hydrogen-bond donors (Lipinski definition) is 1. The molecule has 2 aliphatic rings. The molecular formula is C16H16N2O3. The van der Waals surface area contributed by atoms with Gasteiger partial charge in [-0.25, -0.2) is 0 Å². The van der Waals surface area contributed by atoms with Crippen molar-refractivity contribution in [1.82, 2.24) is 4.90 Å². The van der Waals surface area contributed by atoms with Gasteiger partial charge in [-0.15, -0.1) is 0 Å². The number of nitrogen functional groups attached to an aromatic ring is 1. The lowest BCUT2D eigenvalue weighted by Gasteiger charge is -2.23. The van der Waals surface area contributed by atoms with Crippen LogP contribution in [0.3, 0.4) is 0 Å². The minimum absolute atomic E-state index is 0.120. The van der Waals surface area contributed by atoms with E-state index in [4.69, 9.17) is 5.73 Å². The number of benzene rings is 1. The van der Waals surface area contributed by atoms with Crippen LogP contribution in [-0.4, -0.2) is 28.5 Å². The van der Waals surface area contributed by atoms with Crippen molar-refractivity contribution in [3.8, 4) is 0 Å². The smallest absolute Gasteiger partial charge is 0.264 e. The highest BCUT2D eigenvalue weighted by Gasteiger charge is 2.43. The fraction of sp³-hybridized carbons (Fsp3) is 0.312. The molecule has 1 aliphatic heterocycles. The number of hydrogen-bond acceptors (Lipinski definition) is 4. The molecule has 0 unspecified atom stereocenters. The van der Waals surface area contributed by atoms with Gasteiger partial charge in [0.2, 0.25) is 0 Å². The first-order chi connectivity index (χ1) is 10.0. The number of allylic oxidation sites excluding steroid dienone is 1. The van der Waals surface area contributed by atoms with Crippen LogP contribution in [0.2, 0.25) is 0 Å². The van der Waals surface area contributed by atoms with Gasteiger partial charge >= 0.3 is 0 Å². The van der Waals surface area contributed by atoms with Crippen LogP contribution in [0.15, 0.2) is 30.4 Å². The molecule has 5 nitrogen and oxygen atoms in total. The van der Waals surface area contributed by atoms with Crippen LogP contribution in [-0.2, 0) is 4.79 Å². The van der Waals surface area contributed by atoms with E-state index in [1.54, 1.807) is 18.2 Å². The first kappa shape index (κ1) is 13.5. The Balaban J connectivity index is 2.00. The van der Waals surface area contributed by atoms with Crippen molar-refractivity contribution >= 4 is 23.3 Å². The molecule has 2 N–H and O–H groups in total. The average Bonchev–Trinajstić information content (AvgIpc) is 2.57. The van der Waals surface area contributed by atoms with Gasteiger partial charge in [0.25, 0.3) is 11.8 Å². The molecule has 1 aromatic carbocycles. The van der Waals surface area contributed by atoms with E-state index in [0.717, 1.165) is 23.3 Å². The van der Waals surface area contributed by atoms with Crippen LogP contribution in [0.4, 0.5) is 5.69 Å². The summed E-state index contributed by atoms with van der Waals surface area (Å²) in [4.78, 5) is 38.4. The zero-order valence-electron chi connectivity index (χ0n) is 11.6. The van der Waals surface area contributed by atoms with Crippen LogP contribution in [0.1, 0.15) is 46.4 Å². The minimum atomic E-state index is -0.698. The van der Waals surface area contributed by atoms with E-state index < -0.39 is 17.9 Å². The van der Waals surface area contributed by atoms with E-state index in [1.165, 1.54) is 0 Å². The molecule has 1 heterocycles. The predicted molar refractivity (Wildman–Crippen MR) is 77.8 cm³/mol. The third-order valence-electron chi connectivity index (χ3n) is 4.09. The van der Waals surface area contributed by atoms with Gasteiger partial charge < -0.3 is 5.73 Å². The highest BCUT2D eigenvalue weighted by molar-refractivity contribution is 6.25. The second-order valence-electron chi connectivity index (χ2n) is 5.55. The second kappa shape index (κ2) is 4.84. The van der Waals surface area contributed by atoms with Crippen molar-refractivity contribution in [3.63, 3.8) is 0 Å². The van der Waals surface area contributed by atoms with Crippen molar-refractivity contribution in [2.24, 2.45) is 0 Å². The number of carbonyl (C=O) groups is 3. The Morgan fingerprint density at radius 2 is 1.95 bits per heavy atom. The summed E-state index contributed by atoms with van der Waals surface area (Å²) in [5.74, 6) is -1.00. The van der Waals surface area contributed by atoms with Gasteiger partial charge in [-0.05, 0) is 31.4 Å². The molecule has 21 heavy (non-hydrogen) atoms. The number of imide groups is 1. The molecule has 0 bridgehead atoms. The number of carbonyl (C=O) groups excluding carboxylic acids is 3. The molecule has 0 radical (unpaired) electrons. The highest BCUT2D eigenvalue weighted by Crippen LogP contribution is 2.32. The number of rotatable bonds is 1. The normalized spacial score (nSPS) is 22.5. The maximum absolute atomic E-state index is 12.5. The van der Waals surface area contributed by atoms with Gasteiger partial charge in [-0.2, -0.15) is 0 Å². The quantitative estimate of drug-likeness (QED) is 0.370. The Morgan fingerprint density at radius 1 is 1.19 bits per heavy atom. The standard InChI is InChI=1S/C16H16N2O3/c1-9-4-2-7-12(13(19)8-9)18-15(20)10-5-3-6-11(17)14(10)16(18)21/h3,5-6,12H,1-2,4,7-8,17H2/t12-/m0/s1.